The van der Waals surface area contributed by atoms with E-state index >= 15 is 0 Å². The first-order valence-corrected chi connectivity index (χ1v) is 18.9. The van der Waals surface area contributed by atoms with Gasteiger partial charge in [0.1, 0.15) is 46.2 Å². The summed E-state index contributed by atoms with van der Waals surface area (Å²) in [6, 6.07) is 6.93. The quantitative estimate of drug-likeness (QED) is 0.0538. The van der Waals surface area contributed by atoms with Gasteiger partial charge in [-0.2, -0.15) is 0 Å². The molecular weight excluding hydrogens is 899 g/mol. The van der Waals surface area contributed by atoms with Crippen molar-refractivity contribution in [3.8, 4) is 0 Å². The van der Waals surface area contributed by atoms with E-state index in [4.69, 9.17) is 68.3 Å². The van der Waals surface area contributed by atoms with E-state index in [2.05, 4.69) is 31.1 Å². The topological polar surface area (TPSA) is 256 Å². The third kappa shape index (κ3) is 23.4. The Bertz CT molecular complexity index is 1890. The van der Waals surface area contributed by atoms with Crippen LogP contribution >= 0.6 is 34.8 Å². The number of halogens is 3. The van der Waals surface area contributed by atoms with Gasteiger partial charge in [0.05, 0.1) is 23.3 Å². The SMILES string of the molecule is C=C(C)C(=O)OCCO.C=C(C)C(=O)OCCOC(=O)c1cc(C(=O)OCCOC(=O)C(=C)C)cc(C(=O)OCCOC(=O)C(=C)C)c1.O=C(Cl)c1cc(C(=O)Cl)cc(C(=O)Cl)c1. The second-order valence-electron chi connectivity index (χ2n) is 12.2. The van der Waals surface area contributed by atoms with Gasteiger partial charge in [-0.15, -0.1) is 0 Å². The van der Waals surface area contributed by atoms with E-state index in [1.807, 2.05) is 0 Å². The maximum absolute atomic E-state index is 12.6. The molecule has 0 aliphatic carbocycles. The number of hydrogen-bond donors (Lipinski definition) is 1. The molecule has 0 radical (unpaired) electrons. The fourth-order valence-corrected chi connectivity index (χ4v) is 3.96. The van der Waals surface area contributed by atoms with Crippen molar-refractivity contribution < 1.29 is 86.2 Å². The number of rotatable bonds is 21. The Morgan fingerprint density at radius 1 is 0.381 bits per heavy atom. The van der Waals surface area contributed by atoms with Crippen molar-refractivity contribution in [3.05, 3.63) is 118 Å². The van der Waals surface area contributed by atoms with E-state index in [1.54, 1.807) is 6.92 Å². The highest BCUT2D eigenvalue weighted by Gasteiger charge is 2.20. The highest BCUT2D eigenvalue weighted by Crippen LogP contribution is 2.17. The summed E-state index contributed by atoms with van der Waals surface area (Å²) in [5, 5.41) is 5.80. The Labute approximate surface area is 376 Å². The predicted octanol–water partition coefficient (Wildman–Crippen LogP) is 5.44. The number of aliphatic hydroxyl groups is 1. The molecule has 0 spiro atoms. The average molecular weight is 942 g/mol. The molecule has 0 aliphatic heterocycles. The first-order chi connectivity index (χ1) is 29.4. The Kier molecular flexibility index (Phi) is 26.7. The summed E-state index contributed by atoms with van der Waals surface area (Å²) in [5.74, 6) is -5.25. The molecule has 21 heteroatoms. The highest BCUT2D eigenvalue weighted by atomic mass is 35.5. The van der Waals surface area contributed by atoms with Crippen molar-refractivity contribution in [1.29, 1.82) is 0 Å². The molecule has 63 heavy (non-hydrogen) atoms. The van der Waals surface area contributed by atoms with Crippen LogP contribution in [-0.2, 0) is 52.3 Å². The molecule has 0 atom stereocenters. The van der Waals surface area contributed by atoms with Crippen LogP contribution in [0.3, 0.4) is 0 Å². The molecule has 2 rings (SSSR count). The van der Waals surface area contributed by atoms with Crippen molar-refractivity contribution >= 4 is 92.3 Å². The van der Waals surface area contributed by atoms with Crippen molar-refractivity contribution in [2.75, 3.05) is 52.9 Å². The van der Waals surface area contributed by atoms with Gasteiger partial charge in [0.25, 0.3) is 15.7 Å². The smallest absolute Gasteiger partial charge is 0.338 e. The lowest BCUT2D eigenvalue weighted by atomic mass is 10.1. The summed E-state index contributed by atoms with van der Waals surface area (Å²) in [6.45, 7) is 17.8. The standard InChI is InChI=1S/C27H30O12.C9H3Cl3O3.C6H10O3/c1-16(2)22(28)34-7-10-37-25(31)19-13-20(26(32)38-11-8-35-23(29)17(3)4)15-21(14-19)27(33)39-12-9-36-24(30)18(5)6;10-7(13)4-1-5(8(11)14)3-6(2-4)9(12)15;1-5(2)6(8)9-4-3-7/h13-15H,1,3,5,7-12H2,2,4,6H3;1-3H;7H,1,3-4H2,2H3. The van der Waals surface area contributed by atoms with Gasteiger partial charge in [0.15, 0.2) is 0 Å². The van der Waals surface area contributed by atoms with E-state index < -0.39 is 57.5 Å². The molecule has 2 aromatic rings. The molecule has 18 nitrogen and oxygen atoms in total. The third-order valence-corrected chi connectivity index (χ3v) is 7.28. The van der Waals surface area contributed by atoms with Crippen LogP contribution in [-0.4, -0.2) is 115 Å². The fraction of sp³-hybridized carbons (Fsp3) is 0.286. The van der Waals surface area contributed by atoms with Crippen LogP contribution in [0, 0.1) is 0 Å². The second-order valence-corrected chi connectivity index (χ2v) is 13.2. The van der Waals surface area contributed by atoms with E-state index in [0.717, 1.165) is 18.2 Å². The van der Waals surface area contributed by atoms with Gasteiger partial charge in [0.2, 0.25) is 0 Å². The summed E-state index contributed by atoms with van der Waals surface area (Å²) in [5.41, 5.74) is 0.216. The summed E-state index contributed by atoms with van der Waals surface area (Å²) >= 11 is 15.6. The van der Waals surface area contributed by atoms with Crippen LogP contribution in [0.15, 0.2) is 85.0 Å². The highest BCUT2D eigenvalue weighted by molar-refractivity contribution is 6.70. The van der Waals surface area contributed by atoms with E-state index in [0.29, 0.717) is 5.57 Å². The number of carbonyl (C=O) groups is 10. The minimum atomic E-state index is -0.934. The van der Waals surface area contributed by atoms with Crippen molar-refractivity contribution in [3.63, 3.8) is 0 Å². The maximum Gasteiger partial charge on any atom is 0.338 e. The van der Waals surface area contributed by atoms with Gasteiger partial charge in [0, 0.05) is 39.0 Å². The van der Waals surface area contributed by atoms with Crippen LogP contribution in [0.1, 0.15) is 89.8 Å². The summed E-state index contributed by atoms with van der Waals surface area (Å²) < 4.78 is 34.1. The minimum Gasteiger partial charge on any atom is -0.460 e. The fourth-order valence-electron chi connectivity index (χ4n) is 3.64. The van der Waals surface area contributed by atoms with E-state index in [1.165, 1.54) is 39.0 Å². The Hall–Kier alpha value is -6.47. The maximum atomic E-state index is 12.6. The van der Waals surface area contributed by atoms with Crippen LogP contribution in [0.25, 0.3) is 0 Å². The van der Waals surface area contributed by atoms with Gasteiger partial charge in [-0.05, 0) is 98.9 Å². The molecule has 0 heterocycles. The molecule has 0 amide bonds. The Morgan fingerprint density at radius 2 is 0.571 bits per heavy atom. The Balaban J connectivity index is 0.00000129. The number of ether oxygens (including phenoxy) is 7. The van der Waals surface area contributed by atoms with Crippen LogP contribution < -0.4 is 0 Å². The zero-order chi connectivity index (χ0) is 48.4. The molecule has 0 bridgehead atoms. The molecule has 2 aromatic carbocycles. The first kappa shape index (κ1) is 56.5. The van der Waals surface area contributed by atoms with Gasteiger partial charge in [-0.25, -0.2) is 33.6 Å². The lowest BCUT2D eigenvalue weighted by molar-refractivity contribution is -0.140. The number of benzene rings is 2. The molecule has 0 aliphatic rings. The van der Waals surface area contributed by atoms with Gasteiger partial charge in [-0.1, -0.05) is 26.3 Å². The lowest BCUT2D eigenvalue weighted by Gasteiger charge is -2.11. The molecule has 0 unspecified atom stereocenters. The zero-order valence-electron chi connectivity index (χ0n) is 34.5. The summed E-state index contributed by atoms with van der Waals surface area (Å²) in [7, 11) is 0. The van der Waals surface area contributed by atoms with Gasteiger partial charge < -0.3 is 38.3 Å². The first-order valence-electron chi connectivity index (χ1n) is 17.8. The zero-order valence-corrected chi connectivity index (χ0v) is 36.7. The van der Waals surface area contributed by atoms with Crippen molar-refractivity contribution in [1.82, 2.24) is 0 Å². The van der Waals surface area contributed by atoms with Crippen molar-refractivity contribution in [2.45, 2.75) is 27.7 Å². The van der Waals surface area contributed by atoms with Crippen LogP contribution in [0.2, 0.25) is 0 Å². The number of esters is 7. The lowest BCUT2D eigenvalue weighted by Crippen LogP contribution is -2.18. The monoisotopic (exact) mass is 940 g/mol. The molecule has 340 valence electrons. The van der Waals surface area contributed by atoms with Crippen LogP contribution in [0.4, 0.5) is 0 Å². The van der Waals surface area contributed by atoms with E-state index in [-0.39, 0.29) is 103 Å². The van der Waals surface area contributed by atoms with Gasteiger partial charge >= 0.3 is 41.8 Å². The minimum absolute atomic E-state index is 0.00725. The number of aliphatic hydroxyl groups excluding tert-OH is 1. The molecule has 0 fully saturated rings. The third-order valence-electron chi connectivity index (χ3n) is 6.62. The molecule has 0 saturated heterocycles. The van der Waals surface area contributed by atoms with Gasteiger partial charge in [-0.3, -0.25) is 14.4 Å². The summed E-state index contributed by atoms with van der Waals surface area (Å²) in [6.07, 6.45) is 0. The summed E-state index contributed by atoms with van der Waals surface area (Å²) in [4.78, 5) is 115. The Morgan fingerprint density at radius 3 is 0.762 bits per heavy atom. The average Bonchev–Trinajstić information content (AvgIpc) is 3.23. The second kappa shape index (κ2) is 29.7. The molecular formula is C42H43Cl3O18. The van der Waals surface area contributed by atoms with E-state index in [9.17, 15) is 47.9 Å². The molecule has 0 saturated carbocycles. The predicted molar refractivity (Wildman–Crippen MR) is 224 cm³/mol. The largest absolute Gasteiger partial charge is 0.460 e. The van der Waals surface area contributed by atoms with Crippen molar-refractivity contribution in [2.24, 2.45) is 0 Å². The number of carbonyl (C=O) groups excluding carboxylic acids is 10. The number of hydrogen-bond acceptors (Lipinski definition) is 18. The molecule has 0 aromatic heterocycles. The van der Waals surface area contributed by atoms with Crippen LogP contribution in [0.5, 0.6) is 0 Å². The normalized spacial score (nSPS) is 9.71. The molecule has 1 N–H and O–H groups in total.